The predicted molar refractivity (Wildman–Crippen MR) is 90.8 cm³/mol. The number of aliphatic hydroxyl groups is 1. The molecule has 4 rings (SSSR count). The number of ketones is 1. The summed E-state index contributed by atoms with van der Waals surface area (Å²) in [6.45, 7) is 5.96. The molecule has 0 amide bonds. The third-order valence-corrected chi connectivity index (χ3v) is 7.29. The summed E-state index contributed by atoms with van der Waals surface area (Å²) in [7, 11) is 0. The first-order chi connectivity index (χ1) is 11.0. The first-order valence-electron chi connectivity index (χ1n) is 9.03. The molecule has 23 heavy (non-hydrogen) atoms. The summed E-state index contributed by atoms with van der Waals surface area (Å²) in [5, 5.41) is 11.2. The Kier molecular flexibility index (Phi) is 3.34. The number of carbonyl (C=O) groups excluding carboxylic acids is 1. The van der Waals surface area contributed by atoms with Gasteiger partial charge in [-0.2, -0.15) is 0 Å². The maximum atomic E-state index is 11.7. The van der Waals surface area contributed by atoms with E-state index in [4.69, 9.17) is 0 Å². The van der Waals surface area contributed by atoms with Crippen LogP contribution in [-0.2, 0) is 4.79 Å². The van der Waals surface area contributed by atoms with Gasteiger partial charge in [-0.25, -0.2) is 0 Å². The summed E-state index contributed by atoms with van der Waals surface area (Å²) in [5.41, 5.74) is 6.48. The van der Waals surface area contributed by atoms with Crippen LogP contribution < -0.4 is 0 Å². The number of fused-ring (bicyclic) bond motifs is 4. The van der Waals surface area contributed by atoms with Gasteiger partial charge in [0.25, 0.3) is 0 Å². The van der Waals surface area contributed by atoms with Crippen molar-refractivity contribution >= 4 is 5.78 Å². The molecule has 0 aromatic carbocycles. The van der Waals surface area contributed by atoms with Gasteiger partial charge < -0.3 is 5.11 Å². The SMILES string of the molecule is C=C=C[C@]1(O)CC[C@H]2[C@@H]3CCC4=CC(=O)CCC4=C3CC[C@@]21C. The van der Waals surface area contributed by atoms with Crippen LogP contribution in [0.1, 0.15) is 58.3 Å². The minimum absolute atomic E-state index is 0.0574. The zero-order valence-corrected chi connectivity index (χ0v) is 14.0. The maximum absolute atomic E-state index is 11.7. The molecule has 2 fully saturated rings. The molecule has 0 bridgehead atoms. The monoisotopic (exact) mass is 310 g/mol. The van der Waals surface area contributed by atoms with E-state index in [9.17, 15) is 9.90 Å². The van der Waals surface area contributed by atoms with Crippen LogP contribution in [0.25, 0.3) is 0 Å². The lowest BCUT2D eigenvalue weighted by molar-refractivity contribution is -0.114. The molecule has 122 valence electrons. The molecule has 0 aromatic heterocycles. The Morgan fingerprint density at radius 1 is 1.26 bits per heavy atom. The van der Waals surface area contributed by atoms with Crippen LogP contribution in [0.2, 0.25) is 0 Å². The molecule has 4 aliphatic rings. The van der Waals surface area contributed by atoms with Crippen molar-refractivity contribution in [3.8, 4) is 0 Å². The average Bonchev–Trinajstić information content (AvgIpc) is 2.79. The third kappa shape index (κ3) is 2.01. The van der Waals surface area contributed by atoms with E-state index in [1.54, 1.807) is 5.57 Å². The minimum Gasteiger partial charge on any atom is -0.385 e. The van der Waals surface area contributed by atoms with Crippen molar-refractivity contribution in [3.05, 3.63) is 41.2 Å². The zero-order valence-electron chi connectivity index (χ0n) is 14.0. The van der Waals surface area contributed by atoms with Crippen LogP contribution in [0, 0.1) is 17.3 Å². The number of carbonyl (C=O) groups is 1. The molecule has 0 spiro atoms. The standard InChI is InChI=1S/C21H26O2/c1-3-10-21(23)12-9-19-18-6-4-14-13-15(22)5-7-16(14)17(18)8-11-20(19,21)2/h10,13,18-19,23H,1,4-9,11-12H2,2H3/t18-,19+,20+,21+/m1/s1. The van der Waals surface area contributed by atoms with Gasteiger partial charge in [0.05, 0.1) is 5.60 Å². The summed E-state index contributed by atoms with van der Waals surface area (Å²) < 4.78 is 0. The molecule has 0 heterocycles. The molecule has 1 N–H and O–H groups in total. The van der Waals surface area contributed by atoms with Crippen molar-refractivity contribution < 1.29 is 9.90 Å². The highest BCUT2D eigenvalue weighted by molar-refractivity contribution is 5.93. The van der Waals surface area contributed by atoms with Crippen molar-refractivity contribution in [1.82, 2.24) is 0 Å². The summed E-state index contributed by atoms with van der Waals surface area (Å²) >= 11 is 0. The number of hydrogen-bond donors (Lipinski definition) is 1. The lowest BCUT2D eigenvalue weighted by atomic mass is 9.55. The summed E-state index contributed by atoms with van der Waals surface area (Å²) in [5.74, 6) is 1.45. The molecule has 2 saturated carbocycles. The van der Waals surface area contributed by atoms with Gasteiger partial charge in [-0.3, -0.25) is 4.79 Å². The Balaban J connectivity index is 1.74. The third-order valence-electron chi connectivity index (χ3n) is 7.29. The molecule has 0 aliphatic heterocycles. The highest BCUT2D eigenvalue weighted by atomic mass is 16.3. The Labute approximate surface area is 138 Å². The molecule has 2 heteroatoms. The van der Waals surface area contributed by atoms with Gasteiger partial charge in [-0.15, -0.1) is 5.73 Å². The summed E-state index contributed by atoms with van der Waals surface area (Å²) in [6.07, 6.45) is 11.6. The van der Waals surface area contributed by atoms with Crippen molar-refractivity contribution in [3.63, 3.8) is 0 Å². The molecule has 2 nitrogen and oxygen atoms in total. The molecule has 4 atom stereocenters. The first kappa shape index (κ1) is 15.2. The predicted octanol–water partition coefficient (Wildman–Crippen LogP) is 4.26. The van der Waals surface area contributed by atoms with Crippen molar-refractivity contribution in [2.75, 3.05) is 0 Å². The van der Waals surface area contributed by atoms with Gasteiger partial charge in [-0.05, 0) is 80.1 Å². The fraction of sp³-hybridized carbons (Fsp3) is 0.619. The fourth-order valence-electron chi connectivity index (χ4n) is 5.99. The van der Waals surface area contributed by atoms with Crippen LogP contribution in [0.3, 0.4) is 0 Å². The molecule has 0 aromatic rings. The molecule has 0 radical (unpaired) electrons. The van der Waals surface area contributed by atoms with Crippen LogP contribution in [-0.4, -0.2) is 16.5 Å². The number of allylic oxidation sites excluding steroid dienone is 4. The van der Waals surface area contributed by atoms with Crippen molar-refractivity contribution in [2.45, 2.75) is 63.9 Å². The Morgan fingerprint density at radius 2 is 2.09 bits per heavy atom. The quantitative estimate of drug-likeness (QED) is 0.735. The van der Waals surface area contributed by atoms with Gasteiger partial charge in [0.15, 0.2) is 5.78 Å². The summed E-state index contributed by atoms with van der Waals surface area (Å²) in [4.78, 5) is 11.7. The fourth-order valence-corrected chi connectivity index (χ4v) is 5.99. The average molecular weight is 310 g/mol. The highest BCUT2D eigenvalue weighted by Gasteiger charge is 2.59. The maximum Gasteiger partial charge on any atom is 0.156 e. The Hall–Kier alpha value is -1.37. The van der Waals surface area contributed by atoms with E-state index in [2.05, 4.69) is 19.2 Å². The van der Waals surface area contributed by atoms with E-state index < -0.39 is 5.60 Å². The topological polar surface area (TPSA) is 37.3 Å². The van der Waals surface area contributed by atoms with Gasteiger partial charge in [0, 0.05) is 11.8 Å². The lowest BCUT2D eigenvalue weighted by Crippen LogP contribution is -2.48. The minimum atomic E-state index is -0.742. The smallest absolute Gasteiger partial charge is 0.156 e. The van der Waals surface area contributed by atoms with Gasteiger partial charge >= 0.3 is 0 Å². The van der Waals surface area contributed by atoms with Crippen LogP contribution >= 0.6 is 0 Å². The Morgan fingerprint density at radius 3 is 2.87 bits per heavy atom. The second kappa shape index (κ2) is 5.06. The number of hydrogen-bond acceptors (Lipinski definition) is 2. The molecular formula is C21H26O2. The molecule has 0 unspecified atom stereocenters. The van der Waals surface area contributed by atoms with Gasteiger partial charge in [-0.1, -0.05) is 19.1 Å². The van der Waals surface area contributed by atoms with Crippen LogP contribution in [0.5, 0.6) is 0 Å². The normalized spacial score (nSPS) is 42.3. The lowest BCUT2D eigenvalue weighted by Gasteiger charge is -2.51. The Bertz CT molecular complexity index is 676. The molecule has 0 saturated heterocycles. The van der Waals surface area contributed by atoms with E-state index in [1.165, 1.54) is 11.1 Å². The molecular weight excluding hydrogens is 284 g/mol. The van der Waals surface area contributed by atoms with E-state index in [0.29, 0.717) is 24.0 Å². The van der Waals surface area contributed by atoms with E-state index in [0.717, 1.165) is 44.9 Å². The van der Waals surface area contributed by atoms with Crippen molar-refractivity contribution in [1.29, 1.82) is 0 Å². The largest absolute Gasteiger partial charge is 0.385 e. The van der Waals surface area contributed by atoms with E-state index >= 15 is 0 Å². The van der Waals surface area contributed by atoms with E-state index in [-0.39, 0.29) is 5.41 Å². The van der Waals surface area contributed by atoms with Gasteiger partial charge in [0.2, 0.25) is 0 Å². The zero-order chi connectivity index (χ0) is 16.2. The van der Waals surface area contributed by atoms with Crippen LogP contribution in [0.15, 0.2) is 41.2 Å². The van der Waals surface area contributed by atoms with E-state index in [1.807, 2.05) is 12.2 Å². The van der Waals surface area contributed by atoms with Gasteiger partial charge in [0.1, 0.15) is 0 Å². The second-order valence-electron chi connectivity index (χ2n) is 8.12. The first-order valence-corrected chi connectivity index (χ1v) is 9.03. The number of rotatable bonds is 1. The van der Waals surface area contributed by atoms with Crippen LogP contribution in [0.4, 0.5) is 0 Å². The summed E-state index contributed by atoms with van der Waals surface area (Å²) in [6, 6.07) is 0. The molecule has 4 aliphatic carbocycles. The highest BCUT2D eigenvalue weighted by Crippen LogP contribution is 2.63. The van der Waals surface area contributed by atoms with Crippen molar-refractivity contribution in [2.24, 2.45) is 17.3 Å². The second-order valence-corrected chi connectivity index (χ2v) is 8.12.